The van der Waals surface area contributed by atoms with Crippen LogP contribution in [0, 0.1) is 5.92 Å². The van der Waals surface area contributed by atoms with Gasteiger partial charge in [0.05, 0.1) is 0 Å². The lowest BCUT2D eigenvalue weighted by Gasteiger charge is -2.17. The van der Waals surface area contributed by atoms with E-state index >= 15 is 0 Å². The van der Waals surface area contributed by atoms with E-state index in [1.807, 2.05) is 13.1 Å². The van der Waals surface area contributed by atoms with Crippen molar-refractivity contribution >= 4 is 5.82 Å². The Morgan fingerprint density at radius 1 is 1.64 bits per heavy atom. The standard InChI is InChI=1S/C11H17N3/c1-13-10(7-8-4-5-8)9-3-2-6-14-11(9)12/h2-3,6,8,10,13H,4-5,7H2,1H3,(H2,12,14). The SMILES string of the molecule is CNC(CC1CC1)c1cccnc1N. The molecule has 0 radical (unpaired) electrons. The van der Waals surface area contributed by atoms with Crippen molar-refractivity contribution in [3.05, 3.63) is 23.9 Å². The van der Waals surface area contributed by atoms with Gasteiger partial charge in [0.1, 0.15) is 5.82 Å². The van der Waals surface area contributed by atoms with Crippen LogP contribution in [0.5, 0.6) is 0 Å². The molecule has 1 aliphatic carbocycles. The topological polar surface area (TPSA) is 50.9 Å². The third-order valence-electron chi connectivity index (χ3n) is 2.86. The van der Waals surface area contributed by atoms with E-state index in [0.717, 1.165) is 11.5 Å². The summed E-state index contributed by atoms with van der Waals surface area (Å²) in [4.78, 5) is 4.11. The quantitative estimate of drug-likeness (QED) is 0.762. The highest BCUT2D eigenvalue weighted by Gasteiger charge is 2.26. The minimum absolute atomic E-state index is 0.371. The predicted molar refractivity (Wildman–Crippen MR) is 57.8 cm³/mol. The van der Waals surface area contributed by atoms with Crippen LogP contribution in [-0.4, -0.2) is 12.0 Å². The molecule has 1 heterocycles. The number of hydrogen-bond acceptors (Lipinski definition) is 3. The van der Waals surface area contributed by atoms with Crippen molar-refractivity contribution in [2.24, 2.45) is 5.92 Å². The molecule has 1 aromatic heterocycles. The van der Waals surface area contributed by atoms with Crippen LogP contribution >= 0.6 is 0 Å². The molecule has 0 saturated heterocycles. The third-order valence-corrected chi connectivity index (χ3v) is 2.86. The number of hydrogen-bond donors (Lipinski definition) is 2. The number of nitrogen functional groups attached to an aromatic ring is 1. The first-order valence-electron chi connectivity index (χ1n) is 5.19. The van der Waals surface area contributed by atoms with Crippen molar-refractivity contribution in [3.8, 4) is 0 Å². The molecule has 3 N–H and O–H groups in total. The molecular weight excluding hydrogens is 174 g/mol. The molecule has 0 amide bonds. The highest BCUT2D eigenvalue weighted by atomic mass is 14.9. The number of aromatic nitrogens is 1. The van der Waals surface area contributed by atoms with E-state index in [0.29, 0.717) is 11.9 Å². The maximum absolute atomic E-state index is 5.84. The van der Waals surface area contributed by atoms with Crippen LogP contribution in [0.25, 0.3) is 0 Å². The summed E-state index contributed by atoms with van der Waals surface area (Å²) in [5.74, 6) is 1.56. The van der Waals surface area contributed by atoms with Crippen LogP contribution in [0.4, 0.5) is 5.82 Å². The van der Waals surface area contributed by atoms with E-state index < -0.39 is 0 Å². The van der Waals surface area contributed by atoms with Gasteiger partial charge in [-0.1, -0.05) is 18.9 Å². The number of anilines is 1. The van der Waals surface area contributed by atoms with Crippen molar-refractivity contribution in [1.29, 1.82) is 0 Å². The third kappa shape index (κ3) is 2.04. The monoisotopic (exact) mass is 191 g/mol. The molecule has 1 aliphatic rings. The molecular formula is C11H17N3. The molecule has 14 heavy (non-hydrogen) atoms. The van der Waals surface area contributed by atoms with Crippen molar-refractivity contribution in [2.45, 2.75) is 25.3 Å². The van der Waals surface area contributed by atoms with E-state index in [-0.39, 0.29) is 0 Å². The van der Waals surface area contributed by atoms with Gasteiger partial charge in [-0.2, -0.15) is 0 Å². The lowest BCUT2D eigenvalue weighted by molar-refractivity contribution is 0.515. The first kappa shape index (κ1) is 9.46. The van der Waals surface area contributed by atoms with E-state index in [4.69, 9.17) is 5.73 Å². The van der Waals surface area contributed by atoms with Gasteiger partial charge in [0.25, 0.3) is 0 Å². The van der Waals surface area contributed by atoms with Crippen LogP contribution < -0.4 is 11.1 Å². The minimum atomic E-state index is 0.371. The molecule has 3 nitrogen and oxygen atoms in total. The number of nitrogens with zero attached hydrogens (tertiary/aromatic N) is 1. The van der Waals surface area contributed by atoms with Gasteiger partial charge in [-0.3, -0.25) is 0 Å². The number of rotatable bonds is 4. The zero-order chi connectivity index (χ0) is 9.97. The van der Waals surface area contributed by atoms with Crippen molar-refractivity contribution in [1.82, 2.24) is 10.3 Å². The molecule has 0 aliphatic heterocycles. The van der Waals surface area contributed by atoms with Crippen molar-refractivity contribution < 1.29 is 0 Å². The lowest BCUT2D eigenvalue weighted by Crippen LogP contribution is -2.18. The van der Waals surface area contributed by atoms with E-state index in [1.165, 1.54) is 19.3 Å². The first-order chi connectivity index (χ1) is 6.81. The predicted octanol–water partition coefficient (Wildman–Crippen LogP) is 1.72. The highest BCUT2D eigenvalue weighted by molar-refractivity contribution is 5.40. The van der Waals surface area contributed by atoms with Crippen molar-refractivity contribution in [2.75, 3.05) is 12.8 Å². The van der Waals surface area contributed by atoms with Crippen LogP contribution in [0.2, 0.25) is 0 Å². The summed E-state index contributed by atoms with van der Waals surface area (Å²) in [5, 5.41) is 3.31. The molecule has 1 aromatic rings. The molecule has 76 valence electrons. The molecule has 1 unspecified atom stereocenters. The van der Waals surface area contributed by atoms with Gasteiger partial charge < -0.3 is 11.1 Å². The fraction of sp³-hybridized carbons (Fsp3) is 0.545. The minimum Gasteiger partial charge on any atom is -0.383 e. The second-order valence-electron chi connectivity index (χ2n) is 4.00. The lowest BCUT2D eigenvalue weighted by atomic mass is 10.0. The van der Waals surface area contributed by atoms with Gasteiger partial charge in [0.15, 0.2) is 0 Å². The maximum Gasteiger partial charge on any atom is 0.128 e. The fourth-order valence-corrected chi connectivity index (χ4v) is 1.81. The Hall–Kier alpha value is -1.09. The molecule has 3 heteroatoms. The summed E-state index contributed by atoms with van der Waals surface area (Å²) in [5.41, 5.74) is 6.98. The second kappa shape index (κ2) is 3.96. The summed E-state index contributed by atoms with van der Waals surface area (Å²) < 4.78 is 0. The van der Waals surface area contributed by atoms with Crippen LogP contribution in [0.15, 0.2) is 18.3 Å². The Morgan fingerprint density at radius 2 is 2.43 bits per heavy atom. The molecule has 0 spiro atoms. The average Bonchev–Trinajstić information content (AvgIpc) is 2.99. The largest absolute Gasteiger partial charge is 0.383 e. The summed E-state index contributed by atoms with van der Waals surface area (Å²) in [6, 6.07) is 4.38. The van der Waals surface area contributed by atoms with Gasteiger partial charge in [-0.25, -0.2) is 4.98 Å². The van der Waals surface area contributed by atoms with Crippen LogP contribution in [0.3, 0.4) is 0 Å². The maximum atomic E-state index is 5.84. The Bertz CT molecular complexity index is 307. The molecule has 0 aromatic carbocycles. The molecule has 1 atom stereocenters. The average molecular weight is 191 g/mol. The Kier molecular flexibility index (Phi) is 2.68. The van der Waals surface area contributed by atoms with Gasteiger partial charge in [-0.05, 0) is 25.5 Å². The Balaban J connectivity index is 2.12. The zero-order valence-corrected chi connectivity index (χ0v) is 8.53. The molecule has 0 bridgehead atoms. The van der Waals surface area contributed by atoms with E-state index in [2.05, 4.69) is 16.4 Å². The fourth-order valence-electron chi connectivity index (χ4n) is 1.81. The summed E-state index contributed by atoms with van der Waals surface area (Å²) in [7, 11) is 1.99. The summed E-state index contributed by atoms with van der Waals surface area (Å²) in [6.07, 6.45) is 5.67. The Morgan fingerprint density at radius 3 is 3.00 bits per heavy atom. The molecule has 1 saturated carbocycles. The normalized spacial score (nSPS) is 18.1. The van der Waals surface area contributed by atoms with Crippen LogP contribution in [-0.2, 0) is 0 Å². The smallest absolute Gasteiger partial charge is 0.128 e. The van der Waals surface area contributed by atoms with Gasteiger partial charge >= 0.3 is 0 Å². The van der Waals surface area contributed by atoms with Gasteiger partial charge in [0, 0.05) is 17.8 Å². The molecule has 1 fully saturated rings. The first-order valence-corrected chi connectivity index (χ1v) is 5.19. The number of nitrogens with two attached hydrogens (primary N) is 1. The van der Waals surface area contributed by atoms with E-state index in [9.17, 15) is 0 Å². The highest BCUT2D eigenvalue weighted by Crippen LogP contribution is 2.38. The second-order valence-corrected chi connectivity index (χ2v) is 4.00. The van der Waals surface area contributed by atoms with Crippen molar-refractivity contribution in [3.63, 3.8) is 0 Å². The number of nitrogens with one attached hydrogen (secondary N) is 1. The van der Waals surface area contributed by atoms with Crippen LogP contribution in [0.1, 0.15) is 30.9 Å². The van der Waals surface area contributed by atoms with Gasteiger partial charge in [-0.15, -0.1) is 0 Å². The number of pyridine rings is 1. The summed E-state index contributed by atoms with van der Waals surface area (Å²) in [6.45, 7) is 0. The Labute approximate surface area is 84.7 Å². The zero-order valence-electron chi connectivity index (χ0n) is 8.53. The molecule has 2 rings (SSSR count). The summed E-state index contributed by atoms with van der Waals surface area (Å²) >= 11 is 0. The van der Waals surface area contributed by atoms with E-state index in [1.54, 1.807) is 6.20 Å². The van der Waals surface area contributed by atoms with Gasteiger partial charge in [0.2, 0.25) is 0 Å².